The summed E-state index contributed by atoms with van der Waals surface area (Å²) in [4.78, 5) is 12.9. The molecule has 4 rings (SSSR count). The first-order valence-electron chi connectivity index (χ1n) is 7.62. The van der Waals surface area contributed by atoms with Gasteiger partial charge in [0.05, 0.1) is 17.1 Å². The van der Waals surface area contributed by atoms with Gasteiger partial charge in [-0.15, -0.1) is 0 Å². The number of rotatable bonds is 2. The molecule has 116 valence electrons. The van der Waals surface area contributed by atoms with Crippen LogP contribution in [0.4, 0.5) is 4.39 Å². The van der Waals surface area contributed by atoms with Gasteiger partial charge in [0.25, 0.3) is 0 Å². The van der Waals surface area contributed by atoms with E-state index in [1.165, 1.54) is 12.1 Å². The third-order valence-corrected chi connectivity index (χ3v) is 4.18. The number of hydrogen-bond acceptors (Lipinski definition) is 2. The Labute approximate surface area is 132 Å². The Hall–Kier alpha value is -2.66. The number of nitrogens with zero attached hydrogens (tertiary/aromatic N) is 2. The van der Waals surface area contributed by atoms with E-state index in [2.05, 4.69) is 5.32 Å². The molecule has 1 N–H and O–H groups in total. The summed E-state index contributed by atoms with van der Waals surface area (Å²) in [5, 5.41) is 3.32. The third kappa shape index (κ3) is 2.29. The van der Waals surface area contributed by atoms with E-state index < -0.39 is 0 Å². The average Bonchev–Trinajstić information content (AvgIpc) is 2.90. The zero-order valence-electron chi connectivity index (χ0n) is 12.5. The molecule has 0 bridgehead atoms. The van der Waals surface area contributed by atoms with Crippen molar-refractivity contribution in [2.24, 2.45) is 0 Å². The molecule has 0 atom stereocenters. The fourth-order valence-electron chi connectivity index (χ4n) is 3.12. The van der Waals surface area contributed by atoms with Gasteiger partial charge in [-0.25, -0.2) is 9.18 Å². The van der Waals surface area contributed by atoms with Crippen LogP contribution in [0, 0.1) is 5.82 Å². The summed E-state index contributed by atoms with van der Waals surface area (Å²) in [6.07, 6.45) is 0. The minimum Gasteiger partial charge on any atom is -0.309 e. The van der Waals surface area contributed by atoms with Gasteiger partial charge in [0.1, 0.15) is 5.82 Å². The molecular weight excluding hydrogens is 293 g/mol. The second-order valence-corrected chi connectivity index (χ2v) is 5.58. The highest BCUT2D eigenvalue weighted by molar-refractivity contribution is 5.65. The van der Waals surface area contributed by atoms with Crippen LogP contribution in [0.1, 0.15) is 5.69 Å². The van der Waals surface area contributed by atoms with Crippen LogP contribution >= 0.6 is 0 Å². The highest BCUT2D eigenvalue weighted by Crippen LogP contribution is 2.27. The summed E-state index contributed by atoms with van der Waals surface area (Å²) in [6.45, 7) is 2.06. The van der Waals surface area contributed by atoms with Crippen molar-refractivity contribution in [2.75, 3.05) is 6.54 Å². The summed E-state index contributed by atoms with van der Waals surface area (Å²) in [5.74, 6) is -0.311. The highest BCUT2D eigenvalue weighted by atomic mass is 19.1. The van der Waals surface area contributed by atoms with E-state index in [0.717, 1.165) is 23.5 Å². The number of hydrogen-bond donors (Lipinski definition) is 1. The first-order chi connectivity index (χ1) is 11.3. The molecule has 0 saturated heterocycles. The summed E-state index contributed by atoms with van der Waals surface area (Å²) < 4.78 is 16.7. The topological polar surface area (TPSA) is 39.0 Å². The Kier molecular flexibility index (Phi) is 3.35. The third-order valence-electron chi connectivity index (χ3n) is 4.18. The Morgan fingerprint density at radius 1 is 1.00 bits per heavy atom. The lowest BCUT2D eigenvalue weighted by Crippen LogP contribution is -2.34. The van der Waals surface area contributed by atoms with E-state index in [4.69, 9.17) is 0 Å². The fourth-order valence-corrected chi connectivity index (χ4v) is 3.12. The molecule has 0 radical (unpaired) electrons. The normalized spacial score (nSPS) is 13.8. The second-order valence-electron chi connectivity index (χ2n) is 5.58. The molecule has 0 aliphatic carbocycles. The zero-order chi connectivity index (χ0) is 15.8. The SMILES string of the molecule is O=c1n2c(c(-c3ccccc3)n1-c1ccc(F)cc1)CNCC2. The quantitative estimate of drug-likeness (QED) is 0.790. The second kappa shape index (κ2) is 5.52. The number of imidazole rings is 1. The van der Waals surface area contributed by atoms with Crippen LogP contribution < -0.4 is 11.0 Å². The van der Waals surface area contributed by atoms with E-state index in [-0.39, 0.29) is 11.5 Å². The molecule has 0 amide bonds. The van der Waals surface area contributed by atoms with Crippen molar-refractivity contribution in [1.82, 2.24) is 14.5 Å². The van der Waals surface area contributed by atoms with Gasteiger partial charge in [0.15, 0.2) is 0 Å². The van der Waals surface area contributed by atoms with Gasteiger partial charge >= 0.3 is 5.69 Å². The first-order valence-corrected chi connectivity index (χ1v) is 7.62. The van der Waals surface area contributed by atoms with Gasteiger partial charge in [-0.05, 0) is 24.3 Å². The standard InChI is InChI=1S/C18H16FN3O/c19-14-6-8-15(9-7-14)22-17(13-4-2-1-3-5-13)16-12-20-10-11-21(16)18(22)23/h1-9,20H,10-12H2. The lowest BCUT2D eigenvalue weighted by Gasteiger charge is -2.16. The lowest BCUT2D eigenvalue weighted by molar-refractivity contribution is 0.505. The smallest absolute Gasteiger partial charge is 0.309 e. The maximum absolute atomic E-state index is 13.3. The van der Waals surface area contributed by atoms with E-state index in [1.54, 1.807) is 16.7 Å². The van der Waals surface area contributed by atoms with E-state index in [1.807, 2.05) is 34.9 Å². The molecule has 4 nitrogen and oxygen atoms in total. The number of halogens is 1. The van der Waals surface area contributed by atoms with Gasteiger partial charge in [0, 0.05) is 25.2 Å². The van der Waals surface area contributed by atoms with Crippen molar-refractivity contribution in [3.8, 4) is 16.9 Å². The molecule has 0 unspecified atom stereocenters. The molecule has 0 spiro atoms. The maximum Gasteiger partial charge on any atom is 0.333 e. The number of aromatic nitrogens is 2. The van der Waals surface area contributed by atoms with Crippen molar-refractivity contribution >= 4 is 0 Å². The zero-order valence-corrected chi connectivity index (χ0v) is 12.5. The molecule has 1 aromatic heterocycles. The molecule has 2 aromatic carbocycles. The highest BCUT2D eigenvalue weighted by Gasteiger charge is 2.23. The molecule has 3 aromatic rings. The monoisotopic (exact) mass is 309 g/mol. The predicted octanol–water partition coefficient (Wildman–Crippen LogP) is 2.55. The Bertz CT molecular complexity index is 895. The van der Waals surface area contributed by atoms with Gasteiger partial charge < -0.3 is 5.32 Å². The van der Waals surface area contributed by atoms with E-state index >= 15 is 0 Å². The van der Waals surface area contributed by atoms with E-state index in [0.29, 0.717) is 18.8 Å². The largest absolute Gasteiger partial charge is 0.333 e. The van der Waals surface area contributed by atoms with Crippen LogP contribution in [-0.2, 0) is 13.1 Å². The molecule has 23 heavy (non-hydrogen) atoms. The predicted molar refractivity (Wildman–Crippen MR) is 87.1 cm³/mol. The van der Waals surface area contributed by atoms with Gasteiger partial charge in [0.2, 0.25) is 0 Å². The Morgan fingerprint density at radius 2 is 1.74 bits per heavy atom. The van der Waals surface area contributed by atoms with Crippen LogP contribution in [0.5, 0.6) is 0 Å². The van der Waals surface area contributed by atoms with Crippen molar-refractivity contribution in [2.45, 2.75) is 13.1 Å². The Balaban J connectivity index is 2.03. The van der Waals surface area contributed by atoms with Crippen molar-refractivity contribution in [3.63, 3.8) is 0 Å². The van der Waals surface area contributed by atoms with Crippen LogP contribution in [0.3, 0.4) is 0 Å². The molecule has 1 aliphatic heterocycles. The molecule has 0 saturated carbocycles. The average molecular weight is 309 g/mol. The Morgan fingerprint density at radius 3 is 2.48 bits per heavy atom. The summed E-state index contributed by atoms with van der Waals surface area (Å²) in [6, 6.07) is 15.9. The minimum atomic E-state index is -0.311. The van der Waals surface area contributed by atoms with Crippen molar-refractivity contribution in [3.05, 3.63) is 76.6 Å². The fraction of sp³-hybridized carbons (Fsp3) is 0.167. The van der Waals surface area contributed by atoms with Crippen LogP contribution in [-0.4, -0.2) is 15.7 Å². The summed E-state index contributed by atoms with van der Waals surface area (Å²) in [5.41, 5.74) is 3.42. The maximum atomic E-state index is 13.3. The summed E-state index contributed by atoms with van der Waals surface area (Å²) in [7, 11) is 0. The molecular formula is C18H16FN3O. The molecule has 5 heteroatoms. The van der Waals surface area contributed by atoms with Gasteiger partial charge in [-0.3, -0.25) is 9.13 Å². The van der Waals surface area contributed by atoms with Gasteiger partial charge in [-0.1, -0.05) is 30.3 Å². The number of nitrogens with one attached hydrogen (secondary N) is 1. The van der Waals surface area contributed by atoms with Crippen molar-refractivity contribution < 1.29 is 4.39 Å². The van der Waals surface area contributed by atoms with Crippen LogP contribution in [0.25, 0.3) is 16.9 Å². The number of benzene rings is 2. The lowest BCUT2D eigenvalue weighted by atomic mass is 10.1. The van der Waals surface area contributed by atoms with Crippen molar-refractivity contribution in [1.29, 1.82) is 0 Å². The first kappa shape index (κ1) is 14.0. The van der Waals surface area contributed by atoms with E-state index in [9.17, 15) is 9.18 Å². The molecule has 2 heterocycles. The number of fused-ring (bicyclic) bond motifs is 1. The van der Waals surface area contributed by atoms with Gasteiger partial charge in [-0.2, -0.15) is 0 Å². The molecule has 1 aliphatic rings. The summed E-state index contributed by atoms with van der Waals surface area (Å²) >= 11 is 0. The van der Waals surface area contributed by atoms with Crippen LogP contribution in [0.2, 0.25) is 0 Å². The van der Waals surface area contributed by atoms with Crippen LogP contribution in [0.15, 0.2) is 59.4 Å². The minimum absolute atomic E-state index is 0.0769. The molecule has 0 fully saturated rings.